The summed E-state index contributed by atoms with van der Waals surface area (Å²) < 4.78 is 8.87. The van der Waals surface area contributed by atoms with Gasteiger partial charge in [-0.1, -0.05) is 388 Å². The number of aliphatic hydroxyl groups is 2. The second-order valence-electron chi connectivity index (χ2n) is 34.2. The number of halogens is 9. The summed E-state index contributed by atoms with van der Waals surface area (Å²) in [5.41, 5.74) is 30.6. The number of hydrogen-bond acceptors (Lipinski definition) is 7. The lowest BCUT2D eigenvalue weighted by molar-refractivity contribution is 0.104. The summed E-state index contributed by atoms with van der Waals surface area (Å²) in [6.07, 6.45) is 0. The molecule has 16 heteroatoms. The SMILES string of the molecule is Brc1ccc2c(c1)C1(c3cc(Br)ccc3-2)c2ccccc2N(c2ccccc2)c2ccccc21.Brc1ccccc1N(c1ccccc1)c1ccccc1.O=C1c2cc(Br)ccc2-c2ccc(Br)cc21.OC1(c2ccccc2N(c2ccccc2)c2ccccc2)c2cc(Br)ccc2-c2ccc(Br)cc21.OC1(c2ccccc2N(c2ccccc2)c2ccccc2)c2cc(Br)ccc2-c2ccc(Br)cc21. The smallest absolute Gasteiger partial charge is 0.194 e. The van der Waals surface area contributed by atoms with E-state index in [0.29, 0.717) is 0 Å². The highest BCUT2D eigenvalue weighted by atomic mass is 79.9. The van der Waals surface area contributed by atoms with Crippen molar-refractivity contribution in [3.05, 3.63) is 586 Å². The third-order valence-electron chi connectivity index (χ3n) is 26.2. The molecule has 1 aliphatic heterocycles. The molecule has 140 heavy (non-hydrogen) atoms. The van der Waals surface area contributed by atoms with Crippen LogP contribution in [0.3, 0.4) is 0 Å². The molecule has 1 spiro atoms. The molecule has 25 rings (SSSR count). The van der Waals surface area contributed by atoms with Crippen molar-refractivity contribution in [2.75, 3.05) is 19.6 Å². The summed E-state index contributed by atoms with van der Waals surface area (Å²) in [6.45, 7) is 0. The highest BCUT2D eigenvalue weighted by Crippen LogP contribution is 2.65. The van der Waals surface area contributed by atoms with Crippen LogP contribution in [0, 0.1) is 0 Å². The Morgan fingerprint density at radius 1 is 0.193 bits per heavy atom. The minimum absolute atomic E-state index is 0.104. The zero-order chi connectivity index (χ0) is 95.9. The first-order valence-corrected chi connectivity index (χ1v) is 52.6. The Hall–Kier alpha value is -12.5. The first kappa shape index (κ1) is 93.8. The summed E-state index contributed by atoms with van der Waals surface area (Å²) in [5.74, 6) is 0.104. The Morgan fingerprint density at radius 3 is 0.714 bits per heavy atom. The van der Waals surface area contributed by atoms with Gasteiger partial charge in [-0.25, -0.2) is 0 Å². The molecular weight excluding hydrogens is 2310 g/mol. The van der Waals surface area contributed by atoms with Gasteiger partial charge < -0.3 is 29.8 Å². The maximum absolute atomic E-state index is 12.8. The van der Waals surface area contributed by atoms with Crippen molar-refractivity contribution in [2.45, 2.75) is 16.6 Å². The summed E-state index contributed by atoms with van der Waals surface area (Å²) in [5, 5.41) is 25.5. The van der Waals surface area contributed by atoms with Gasteiger partial charge in [-0.15, -0.1) is 0 Å². The normalized spacial score (nSPS) is 13.0. The molecule has 0 amide bonds. The molecule has 20 aromatic rings. The predicted octanol–water partition coefficient (Wildman–Crippen LogP) is 37.6. The molecule has 0 atom stereocenters. The molecule has 20 aromatic carbocycles. The fourth-order valence-electron chi connectivity index (χ4n) is 20.4. The number of anilines is 12. The van der Waals surface area contributed by atoms with Crippen LogP contribution < -0.4 is 19.6 Å². The molecule has 2 N–H and O–H groups in total. The van der Waals surface area contributed by atoms with E-state index in [1.807, 2.05) is 212 Å². The minimum Gasteiger partial charge on any atom is -0.376 e. The van der Waals surface area contributed by atoms with Crippen LogP contribution in [0.1, 0.15) is 71.6 Å². The summed E-state index contributed by atoms with van der Waals surface area (Å²) in [6, 6.07) is 165. The summed E-state index contributed by atoms with van der Waals surface area (Å²) in [7, 11) is 0. The number of para-hydroxylation sites is 12. The third kappa shape index (κ3) is 17.4. The van der Waals surface area contributed by atoms with Gasteiger partial charge in [0, 0.05) is 125 Å². The van der Waals surface area contributed by atoms with Crippen LogP contribution in [0.25, 0.3) is 44.5 Å². The summed E-state index contributed by atoms with van der Waals surface area (Å²) >= 11 is 32.5. The van der Waals surface area contributed by atoms with E-state index >= 15 is 0 Å². The molecule has 678 valence electrons. The van der Waals surface area contributed by atoms with E-state index in [-0.39, 0.29) is 5.78 Å². The average molecular weight is 2390 g/mol. The number of ketones is 1. The van der Waals surface area contributed by atoms with E-state index in [0.717, 1.165) is 169 Å². The zero-order valence-electron chi connectivity index (χ0n) is 74.6. The molecule has 0 aromatic heterocycles. The van der Waals surface area contributed by atoms with Gasteiger partial charge in [0.15, 0.2) is 5.78 Å². The van der Waals surface area contributed by atoms with E-state index in [1.54, 1.807) is 0 Å². The van der Waals surface area contributed by atoms with Crippen LogP contribution in [-0.2, 0) is 16.6 Å². The van der Waals surface area contributed by atoms with Crippen LogP contribution in [0.4, 0.5) is 68.2 Å². The van der Waals surface area contributed by atoms with E-state index in [1.165, 1.54) is 50.4 Å². The van der Waals surface area contributed by atoms with Crippen LogP contribution in [0.2, 0.25) is 0 Å². The molecule has 0 bridgehead atoms. The molecule has 4 aliphatic carbocycles. The van der Waals surface area contributed by atoms with Crippen molar-refractivity contribution in [3.8, 4) is 44.5 Å². The van der Waals surface area contributed by atoms with Gasteiger partial charge >= 0.3 is 0 Å². The fraction of sp³-hybridized carbons (Fsp3) is 0.0242. The van der Waals surface area contributed by atoms with Crippen LogP contribution in [-0.4, -0.2) is 16.0 Å². The van der Waals surface area contributed by atoms with Gasteiger partial charge in [-0.05, 0) is 301 Å². The fourth-order valence-corrected chi connectivity index (χ4v) is 23.7. The second kappa shape index (κ2) is 40.3. The summed E-state index contributed by atoms with van der Waals surface area (Å²) in [4.78, 5) is 21.2. The van der Waals surface area contributed by atoms with Crippen LogP contribution in [0.5, 0.6) is 0 Å². The van der Waals surface area contributed by atoms with E-state index in [4.69, 9.17) is 0 Å². The van der Waals surface area contributed by atoms with Crippen molar-refractivity contribution in [2.24, 2.45) is 0 Å². The largest absolute Gasteiger partial charge is 0.376 e. The second-order valence-corrected chi connectivity index (χ2v) is 42.4. The Bertz CT molecular complexity index is 7480. The Labute approximate surface area is 890 Å². The van der Waals surface area contributed by atoms with Crippen molar-refractivity contribution < 1.29 is 15.0 Å². The first-order chi connectivity index (χ1) is 68.4. The van der Waals surface area contributed by atoms with Crippen molar-refractivity contribution in [1.82, 2.24) is 0 Å². The van der Waals surface area contributed by atoms with Gasteiger partial charge in [0.1, 0.15) is 11.2 Å². The molecule has 0 radical (unpaired) electrons. The number of carbonyl (C=O) groups excluding carboxylic acids is 1. The number of fused-ring (bicyclic) bond motifs is 18. The molecule has 7 nitrogen and oxygen atoms in total. The van der Waals surface area contributed by atoms with Crippen LogP contribution in [0.15, 0.2) is 519 Å². The topological polar surface area (TPSA) is 70.5 Å². The van der Waals surface area contributed by atoms with E-state index in [9.17, 15) is 15.0 Å². The number of benzene rings is 20. The van der Waals surface area contributed by atoms with Crippen molar-refractivity contribution in [1.29, 1.82) is 0 Å². The Kier molecular flexibility index (Phi) is 27.0. The van der Waals surface area contributed by atoms with E-state index < -0.39 is 16.6 Å². The number of hydrogen-bond donors (Lipinski definition) is 2. The predicted molar refractivity (Wildman–Crippen MR) is 608 cm³/mol. The van der Waals surface area contributed by atoms with Crippen LogP contribution >= 0.6 is 143 Å². The Morgan fingerprint density at radius 2 is 0.414 bits per heavy atom. The van der Waals surface area contributed by atoms with Gasteiger partial charge in [0.2, 0.25) is 0 Å². The quantitative estimate of drug-likeness (QED) is 0.126. The molecule has 0 unspecified atom stereocenters. The molecule has 1 heterocycles. The van der Waals surface area contributed by atoms with Gasteiger partial charge in [-0.3, -0.25) is 4.79 Å². The highest BCUT2D eigenvalue weighted by molar-refractivity contribution is 9.12. The first-order valence-electron chi connectivity index (χ1n) is 45.5. The monoisotopic (exact) mass is 2380 g/mol. The third-order valence-corrected chi connectivity index (χ3v) is 30.8. The van der Waals surface area contributed by atoms with E-state index in [2.05, 4.69) is 430 Å². The molecule has 0 saturated heterocycles. The highest BCUT2D eigenvalue weighted by Gasteiger charge is 2.53. The number of rotatable bonds is 12. The number of nitrogens with zero attached hydrogens (tertiary/aromatic N) is 4. The van der Waals surface area contributed by atoms with Gasteiger partial charge in [0.25, 0.3) is 0 Å². The zero-order valence-corrected chi connectivity index (χ0v) is 88.9. The molecule has 5 aliphatic rings. The molecular formula is C124H81Br9N4O3. The van der Waals surface area contributed by atoms with Gasteiger partial charge in [-0.2, -0.15) is 0 Å². The standard InChI is InChI=1S/2C31H21Br2NO.C31H19Br2N.C18H14BrN.C13H6Br2O/c2*32-21-15-17-25-26-18-16-22(33)20-29(26)31(35,28(25)19-21)27-13-7-8-14-30(27)34(23-9-3-1-4-10-23)24-11-5-2-6-12-24;32-20-14-16-23-24-17-15-21(33)19-28(24)31(27(23)18-20)25-10-4-6-12-29(25)34(22-8-2-1-3-9-22)30-13-7-5-11-26(30)31;19-17-13-7-8-14-18(17)20(15-9-3-1-4-10-15)16-11-5-2-6-12-16;14-7-1-3-9-10-4-2-8(15)6-12(10)13(16)11(9)5-7/h2*1-20,35H;1-19H;1-14H;1-6H. The lowest BCUT2D eigenvalue weighted by Gasteiger charge is -2.45. The average Bonchev–Trinajstić information content (AvgIpc) is 1.47. The minimum atomic E-state index is -1.34. The Balaban J connectivity index is 0.000000107. The lowest BCUT2D eigenvalue weighted by atomic mass is 9.64. The van der Waals surface area contributed by atoms with Crippen molar-refractivity contribution >= 4 is 217 Å². The van der Waals surface area contributed by atoms with Gasteiger partial charge in [0.05, 0.1) is 33.9 Å². The maximum Gasteiger partial charge on any atom is 0.194 e. The van der Waals surface area contributed by atoms with Crippen molar-refractivity contribution in [3.63, 3.8) is 0 Å². The molecule has 0 fully saturated rings. The lowest BCUT2D eigenvalue weighted by Crippen LogP contribution is -2.36. The molecule has 0 saturated carbocycles. The number of carbonyl (C=O) groups is 1. The maximum atomic E-state index is 12.8.